The Morgan fingerprint density at radius 2 is 0.689 bits per heavy atom. The molecular weight excluding hydrogens is 905 g/mol. The third-order valence-electron chi connectivity index (χ3n) is 14.0. The van der Waals surface area contributed by atoms with E-state index in [9.17, 15) is 10.5 Å². The quantitative estimate of drug-likeness (QED) is 0.141. The first-order chi connectivity index (χ1) is 36.6. The van der Waals surface area contributed by atoms with E-state index in [1.165, 1.54) is 0 Å². The summed E-state index contributed by atoms with van der Waals surface area (Å²) >= 11 is 0. The van der Waals surface area contributed by atoms with Crippen molar-refractivity contribution >= 4 is 49.3 Å². The van der Waals surface area contributed by atoms with Gasteiger partial charge in [0.05, 0.1) is 63.3 Å². The topological polar surface area (TPSA) is 100 Å². The lowest BCUT2D eigenvalue weighted by atomic mass is 9.97. The van der Waals surface area contributed by atoms with Gasteiger partial charge in [0.2, 0.25) is 0 Å². The van der Waals surface area contributed by atoms with E-state index >= 15 is 0 Å². The fraction of sp³-hybridized carbons (Fsp3) is 0. The molecule has 0 aliphatic rings. The van der Waals surface area contributed by atoms with Gasteiger partial charge in [0.1, 0.15) is 0 Å². The van der Waals surface area contributed by atoms with Crippen molar-refractivity contribution in [2.45, 2.75) is 0 Å². The molecule has 0 saturated heterocycles. The number of rotatable bonds is 8. The van der Waals surface area contributed by atoms with Crippen LogP contribution in [0.3, 0.4) is 0 Å². The summed E-state index contributed by atoms with van der Waals surface area (Å²) < 4.78 is 4.55. The molecule has 10 aromatic carbocycles. The van der Waals surface area contributed by atoms with Crippen LogP contribution in [0.5, 0.6) is 0 Å². The molecule has 0 saturated carbocycles. The molecule has 8 heteroatoms. The van der Waals surface area contributed by atoms with E-state index in [1.54, 1.807) is 0 Å². The molecule has 3 aromatic heterocycles. The number of aromatic nitrogens is 5. The molecule has 0 bridgehead atoms. The minimum absolute atomic E-state index is 0.441. The van der Waals surface area contributed by atoms with Crippen molar-refractivity contribution < 1.29 is 0 Å². The Morgan fingerprint density at radius 1 is 0.338 bits per heavy atom. The van der Waals surface area contributed by atoms with Crippen molar-refractivity contribution in [3.05, 3.63) is 253 Å². The number of hydrogen-bond donors (Lipinski definition) is 0. The second-order valence-corrected chi connectivity index (χ2v) is 18.0. The monoisotopic (exact) mass is 942 g/mol. The van der Waals surface area contributed by atoms with Crippen LogP contribution in [-0.2, 0) is 0 Å². The van der Waals surface area contributed by atoms with Crippen molar-refractivity contribution in [1.82, 2.24) is 24.1 Å². The van der Waals surface area contributed by atoms with Crippen molar-refractivity contribution in [2.75, 3.05) is 0 Å². The molecule has 342 valence electrons. The zero-order chi connectivity index (χ0) is 49.7. The summed E-state index contributed by atoms with van der Waals surface area (Å²) in [6.45, 7) is 7.87. The Labute approximate surface area is 426 Å². The van der Waals surface area contributed by atoms with Gasteiger partial charge in [-0.15, -0.1) is 0 Å². The van der Waals surface area contributed by atoms with Gasteiger partial charge in [-0.2, -0.15) is 10.5 Å². The van der Waals surface area contributed by atoms with E-state index in [0.717, 1.165) is 105 Å². The van der Waals surface area contributed by atoms with Gasteiger partial charge in [-0.25, -0.2) is 19.8 Å². The number of nitriles is 2. The summed E-state index contributed by atoms with van der Waals surface area (Å²) in [5.74, 6) is 1.34. The fourth-order valence-corrected chi connectivity index (χ4v) is 10.5. The van der Waals surface area contributed by atoms with Gasteiger partial charge in [-0.3, -0.25) is 0 Å². The molecule has 13 aromatic rings. The molecule has 8 nitrogen and oxygen atoms in total. The molecule has 13 rings (SSSR count). The molecule has 0 fully saturated rings. The molecule has 0 aliphatic carbocycles. The fourth-order valence-electron chi connectivity index (χ4n) is 10.5. The van der Waals surface area contributed by atoms with E-state index in [0.29, 0.717) is 34.3 Å². The normalized spacial score (nSPS) is 11.2. The molecule has 0 unspecified atom stereocenters. The van der Waals surface area contributed by atoms with Crippen molar-refractivity contribution in [3.8, 4) is 91.1 Å². The first-order valence-electron chi connectivity index (χ1n) is 24.2. The lowest BCUT2D eigenvalue weighted by Gasteiger charge is -2.18. The Balaban J connectivity index is 1.12. The highest BCUT2D eigenvalue weighted by atomic mass is 15.1. The maximum absolute atomic E-state index is 10.3. The number of fused-ring (bicyclic) bond motifs is 6. The molecule has 0 atom stereocenters. The van der Waals surface area contributed by atoms with E-state index in [2.05, 4.69) is 147 Å². The third-order valence-corrected chi connectivity index (χ3v) is 14.0. The van der Waals surface area contributed by atoms with E-state index in [1.807, 2.05) is 109 Å². The van der Waals surface area contributed by atoms with Gasteiger partial charge in [-0.05, 0) is 94.0 Å². The second kappa shape index (κ2) is 17.9. The molecule has 3 heterocycles. The first kappa shape index (κ1) is 43.3. The van der Waals surface area contributed by atoms with Crippen LogP contribution in [0.1, 0.15) is 11.1 Å². The number of nitrogens with zero attached hydrogens (tertiary/aromatic N) is 8. The molecular formula is C66H38N8. The Bertz CT molecular complexity index is 4190. The van der Waals surface area contributed by atoms with Crippen molar-refractivity contribution in [1.29, 1.82) is 10.5 Å². The molecule has 74 heavy (non-hydrogen) atoms. The van der Waals surface area contributed by atoms with Gasteiger partial charge in [0.15, 0.2) is 23.2 Å². The Kier molecular flexibility index (Phi) is 10.5. The predicted molar refractivity (Wildman–Crippen MR) is 297 cm³/mol. The predicted octanol–water partition coefficient (Wildman–Crippen LogP) is 16.4. The smallest absolute Gasteiger partial charge is 0.194 e. The molecule has 0 amide bonds. The SMILES string of the molecule is [C-]#[N+]c1ccccc1-c1ccc(-c2nc(-c3ccc(-c4ccccc4C#N)cc3-n3c4ccccc4c4ccccc43)nc(-c3ccc(-c4ccccc4C#N)cc3-n3c4ccccc4c4ccccc43)n2)cc1. The zero-order valence-electron chi connectivity index (χ0n) is 39.5. The van der Waals surface area contributed by atoms with Crippen LogP contribution < -0.4 is 0 Å². The average molecular weight is 943 g/mol. The third kappa shape index (κ3) is 7.17. The minimum Gasteiger partial charge on any atom is -0.308 e. The average Bonchev–Trinajstić information content (AvgIpc) is 4.00. The van der Waals surface area contributed by atoms with Gasteiger partial charge in [0.25, 0.3) is 0 Å². The highest BCUT2D eigenvalue weighted by Gasteiger charge is 2.24. The highest BCUT2D eigenvalue weighted by Crippen LogP contribution is 2.42. The van der Waals surface area contributed by atoms with Crippen LogP contribution in [0.25, 0.3) is 127 Å². The molecule has 0 spiro atoms. The van der Waals surface area contributed by atoms with Crippen LogP contribution in [0.2, 0.25) is 0 Å². The van der Waals surface area contributed by atoms with Crippen LogP contribution >= 0.6 is 0 Å². The van der Waals surface area contributed by atoms with Crippen LogP contribution in [-0.4, -0.2) is 24.1 Å². The molecule has 0 aliphatic heterocycles. The zero-order valence-corrected chi connectivity index (χ0v) is 39.5. The van der Waals surface area contributed by atoms with Crippen molar-refractivity contribution in [2.24, 2.45) is 0 Å². The minimum atomic E-state index is 0.441. The Hall–Kier alpha value is -10.7. The summed E-state index contributed by atoms with van der Waals surface area (Å²) in [4.78, 5) is 20.1. The van der Waals surface area contributed by atoms with Crippen LogP contribution in [0.4, 0.5) is 5.69 Å². The van der Waals surface area contributed by atoms with Crippen LogP contribution in [0.15, 0.2) is 231 Å². The lowest BCUT2D eigenvalue weighted by Crippen LogP contribution is -2.06. The number of para-hydroxylation sites is 5. The van der Waals surface area contributed by atoms with Crippen LogP contribution in [0, 0.1) is 29.2 Å². The largest absolute Gasteiger partial charge is 0.308 e. The maximum Gasteiger partial charge on any atom is 0.194 e. The second-order valence-electron chi connectivity index (χ2n) is 18.0. The number of benzene rings is 10. The van der Waals surface area contributed by atoms with Gasteiger partial charge < -0.3 is 9.13 Å². The summed E-state index contributed by atoms with van der Waals surface area (Å²) in [7, 11) is 0. The summed E-state index contributed by atoms with van der Waals surface area (Å²) in [6, 6.07) is 81.9. The lowest BCUT2D eigenvalue weighted by molar-refractivity contribution is 1.06. The van der Waals surface area contributed by atoms with E-state index in [-0.39, 0.29) is 0 Å². The summed E-state index contributed by atoms with van der Waals surface area (Å²) in [5, 5.41) is 25.1. The molecule has 0 radical (unpaired) electrons. The summed E-state index contributed by atoms with van der Waals surface area (Å²) in [6.07, 6.45) is 0. The Morgan fingerprint density at radius 3 is 1.12 bits per heavy atom. The standard InChI is InChI=1S/C66H38N8/c1-69-57-25-11-6-20-50(57)42-30-32-43(33-31-42)64-70-65(55-36-34-44(48-18-4-2-16-46(48)40-67)38-62(55)73-58-26-12-7-21-51(58)52-22-8-13-27-59(52)73)72-66(71-64)56-37-35-45(49-19-5-3-17-47(49)41-68)39-63(56)74-60-28-14-9-23-53(60)54-24-10-15-29-61(54)74/h2-39H. The van der Waals surface area contributed by atoms with E-state index in [4.69, 9.17) is 21.5 Å². The number of hydrogen-bond acceptors (Lipinski definition) is 5. The van der Waals surface area contributed by atoms with Gasteiger partial charge >= 0.3 is 0 Å². The first-order valence-corrected chi connectivity index (χ1v) is 24.2. The maximum atomic E-state index is 10.3. The summed E-state index contributed by atoms with van der Waals surface area (Å²) in [5.41, 5.74) is 14.8. The highest BCUT2D eigenvalue weighted by molar-refractivity contribution is 6.11. The van der Waals surface area contributed by atoms with Crippen molar-refractivity contribution in [3.63, 3.8) is 0 Å². The van der Waals surface area contributed by atoms with Gasteiger partial charge in [0, 0.05) is 38.2 Å². The van der Waals surface area contributed by atoms with E-state index < -0.39 is 0 Å². The molecule has 0 N–H and O–H groups in total. The van der Waals surface area contributed by atoms with Gasteiger partial charge in [-0.1, -0.05) is 170 Å².